The van der Waals surface area contributed by atoms with Gasteiger partial charge in [0.2, 0.25) is 0 Å². The zero-order valence-corrected chi connectivity index (χ0v) is 17.9. The van der Waals surface area contributed by atoms with Gasteiger partial charge in [0.1, 0.15) is 5.15 Å². The van der Waals surface area contributed by atoms with Crippen LogP contribution in [0, 0.1) is 6.92 Å². The summed E-state index contributed by atoms with van der Waals surface area (Å²) in [7, 11) is 1.76. The Bertz CT molecular complexity index is 677. The van der Waals surface area contributed by atoms with Crippen LogP contribution in [0.25, 0.3) is 0 Å². The van der Waals surface area contributed by atoms with Gasteiger partial charge in [-0.15, -0.1) is 35.7 Å². The second-order valence-corrected chi connectivity index (χ2v) is 6.32. The SMILES string of the molecule is CN=C(NCc1ccc(Cl)nc1)NCc1ccc(C)cc1SC.I. The van der Waals surface area contributed by atoms with Crippen LogP contribution < -0.4 is 10.6 Å². The van der Waals surface area contributed by atoms with Crippen molar-refractivity contribution in [1.82, 2.24) is 15.6 Å². The van der Waals surface area contributed by atoms with E-state index < -0.39 is 0 Å². The number of benzene rings is 1. The summed E-state index contributed by atoms with van der Waals surface area (Å²) in [6.07, 6.45) is 3.85. The van der Waals surface area contributed by atoms with Gasteiger partial charge in [0, 0.05) is 31.2 Å². The fourth-order valence-corrected chi connectivity index (χ4v) is 2.91. The molecule has 4 nitrogen and oxygen atoms in total. The van der Waals surface area contributed by atoms with E-state index >= 15 is 0 Å². The average Bonchev–Trinajstić information content (AvgIpc) is 2.57. The van der Waals surface area contributed by atoms with Gasteiger partial charge in [-0.25, -0.2) is 4.98 Å². The zero-order chi connectivity index (χ0) is 16.7. The molecule has 2 rings (SSSR count). The van der Waals surface area contributed by atoms with E-state index in [1.54, 1.807) is 31.1 Å². The molecule has 0 aliphatic carbocycles. The normalized spacial score (nSPS) is 10.9. The largest absolute Gasteiger partial charge is 0.352 e. The Morgan fingerprint density at radius 1 is 1.21 bits per heavy atom. The maximum absolute atomic E-state index is 5.79. The molecule has 130 valence electrons. The number of nitrogens with zero attached hydrogens (tertiary/aromatic N) is 2. The Hall–Kier alpha value is -0.990. The summed E-state index contributed by atoms with van der Waals surface area (Å²) in [4.78, 5) is 9.61. The molecule has 0 atom stereocenters. The lowest BCUT2D eigenvalue weighted by atomic mass is 10.1. The molecule has 0 saturated carbocycles. The number of hydrogen-bond donors (Lipinski definition) is 2. The van der Waals surface area contributed by atoms with Crippen LogP contribution in [0.3, 0.4) is 0 Å². The maximum Gasteiger partial charge on any atom is 0.191 e. The third kappa shape index (κ3) is 6.49. The number of aryl methyl sites for hydroxylation is 1. The van der Waals surface area contributed by atoms with Crippen molar-refractivity contribution in [3.05, 3.63) is 58.4 Å². The Morgan fingerprint density at radius 3 is 2.58 bits per heavy atom. The van der Waals surface area contributed by atoms with Crippen LogP contribution in [-0.2, 0) is 13.1 Å². The number of halogens is 2. The van der Waals surface area contributed by atoms with Gasteiger partial charge in [-0.1, -0.05) is 29.8 Å². The van der Waals surface area contributed by atoms with Crippen molar-refractivity contribution in [1.29, 1.82) is 0 Å². The van der Waals surface area contributed by atoms with Gasteiger partial charge in [-0.05, 0) is 42.0 Å². The highest BCUT2D eigenvalue weighted by Gasteiger charge is 2.04. The van der Waals surface area contributed by atoms with Gasteiger partial charge in [0.15, 0.2) is 5.96 Å². The van der Waals surface area contributed by atoms with Gasteiger partial charge < -0.3 is 10.6 Å². The van der Waals surface area contributed by atoms with Gasteiger partial charge in [0.25, 0.3) is 0 Å². The molecule has 24 heavy (non-hydrogen) atoms. The molecule has 0 radical (unpaired) electrons. The highest BCUT2D eigenvalue weighted by Crippen LogP contribution is 2.21. The van der Waals surface area contributed by atoms with Crippen LogP contribution in [0.4, 0.5) is 0 Å². The quantitative estimate of drug-likeness (QED) is 0.223. The van der Waals surface area contributed by atoms with Crippen LogP contribution in [0.5, 0.6) is 0 Å². The van der Waals surface area contributed by atoms with Crippen molar-refractivity contribution < 1.29 is 0 Å². The molecule has 0 bridgehead atoms. The van der Waals surface area contributed by atoms with Crippen LogP contribution in [0.2, 0.25) is 5.15 Å². The van der Waals surface area contributed by atoms with Gasteiger partial charge in [-0.2, -0.15) is 0 Å². The number of aliphatic imine (C=N–C) groups is 1. The first-order valence-electron chi connectivity index (χ1n) is 7.31. The predicted octanol–water partition coefficient (Wildman–Crippen LogP) is 4.25. The van der Waals surface area contributed by atoms with Gasteiger partial charge in [0.05, 0.1) is 0 Å². The minimum Gasteiger partial charge on any atom is -0.352 e. The van der Waals surface area contributed by atoms with Gasteiger partial charge in [-0.3, -0.25) is 4.99 Å². The lowest BCUT2D eigenvalue weighted by Gasteiger charge is -2.14. The van der Waals surface area contributed by atoms with E-state index in [1.807, 2.05) is 6.07 Å². The van der Waals surface area contributed by atoms with E-state index in [4.69, 9.17) is 11.6 Å². The minimum atomic E-state index is 0. The number of rotatable bonds is 5. The predicted molar refractivity (Wildman–Crippen MR) is 115 cm³/mol. The van der Waals surface area contributed by atoms with Crippen LogP contribution in [-0.4, -0.2) is 24.2 Å². The summed E-state index contributed by atoms with van der Waals surface area (Å²) >= 11 is 7.55. The second kappa shape index (κ2) is 10.8. The molecular formula is C17H22ClIN4S. The first-order chi connectivity index (χ1) is 11.1. The van der Waals surface area contributed by atoms with Crippen molar-refractivity contribution in [3.8, 4) is 0 Å². The minimum absolute atomic E-state index is 0. The highest BCUT2D eigenvalue weighted by atomic mass is 127. The molecule has 2 N–H and O–H groups in total. The summed E-state index contributed by atoms with van der Waals surface area (Å²) in [5.74, 6) is 0.757. The number of pyridine rings is 1. The van der Waals surface area contributed by atoms with Gasteiger partial charge >= 0.3 is 0 Å². The number of guanidine groups is 1. The topological polar surface area (TPSA) is 49.3 Å². The molecule has 0 aliphatic rings. The summed E-state index contributed by atoms with van der Waals surface area (Å²) in [6.45, 7) is 3.49. The molecule has 0 spiro atoms. The number of thioether (sulfide) groups is 1. The number of hydrogen-bond acceptors (Lipinski definition) is 3. The molecule has 0 fully saturated rings. The molecule has 1 aromatic carbocycles. The summed E-state index contributed by atoms with van der Waals surface area (Å²) in [6, 6.07) is 10.2. The van der Waals surface area contributed by atoms with E-state index in [-0.39, 0.29) is 24.0 Å². The molecule has 7 heteroatoms. The van der Waals surface area contributed by atoms with E-state index in [2.05, 4.69) is 52.0 Å². The first kappa shape index (κ1) is 21.1. The smallest absolute Gasteiger partial charge is 0.191 e. The second-order valence-electron chi connectivity index (χ2n) is 5.08. The van der Waals surface area contributed by atoms with Crippen molar-refractivity contribution >= 4 is 53.3 Å². The summed E-state index contributed by atoms with van der Waals surface area (Å²) in [5, 5.41) is 7.11. The molecule has 0 amide bonds. The van der Waals surface area contributed by atoms with Crippen molar-refractivity contribution in [2.24, 2.45) is 4.99 Å². The highest BCUT2D eigenvalue weighted by molar-refractivity contribution is 14.0. The Balaban J connectivity index is 0.00000288. The molecular weight excluding hydrogens is 455 g/mol. The fourth-order valence-electron chi connectivity index (χ4n) is 2.09. The summed E-state index contributed by atoms with van der Waals surface area (Å²) in [5.41, 5.74) is 3.59. The molecule has 0 saturated heterocycles. The fraction of sp³-hybridized carbons (Fsp3) is 0.294. The average molecular weight is 477 g/mol. The van der Waals surface area contributed by atoms with E-state index in [0.717, 1.165) is 18.1 Å². The van der Waals surface area contributed by atoms with Crippen molar-refractivity contribution in [2.75, 3.05) is 13.3 Å². The first-order valence-corrected chi connectivity index (χ1v) is 8.91. The Morgan fingerprint density at radius 2 is 1.96 bits per heavy atom. The standard InChI is InChI=1S/C17H21ClN4S.HI/c1-12-4-6-14(15(8-12)23-3)11-22-17(19-2)21-10-13-5-7-16(18)20-9-13;/h4-9H,10-11H2,1-3H3,(H2,19,21,22);1H. The lowest BCUT2D eigenvalue weighted by molar-refractivity contribution is 0.799. The maximum atomic E-state index is 5.79. The molecule has 1 aromatic heterocycles. The summed E-state index contributed by atoms with van der Waals surface area (Å²) < 4.78 is 0. The Kier molecular flexibility index (Phi) is 9.46. The number of aromatic nitrogens is 1. The van der Waals surface area contributed by atoms with Crippen LogP contribution >= 0.6 is 47.3 Å². The van der Waals surface area contributed by atoms with Crippen molar-refractivity contribution in [2.45, 2.75) is 24.9 Å². The van der Waals surface area contributed by atoms with E-state index in [9.17, 15) is 0 Å². The van der Waals surface area contributed by atoms with Crippen molar-refractivity contribution in [3.63, 3.8) is 0 Å². The van der Waals surface area contributed by atoms with Crippen LogP contribution in [0.1, 0.15) is 16.7 Å². The van der Waals surface area contributed by atoms with E-state index in [1.165, 1.54) is 16.0 Å². The zero-order valence-electron chi connectivity index (χ0n) is 14.0. The molecule has 0 aliphatic heterocycles. The monoisotopic (exact) mass is 476 g/mol. The third-order valence-electron chi connectivity index (χ3n) is 3.36. The lowest BCUT2D eigenvalue weighted by Crippen LogP contribution is -2.36. The number of nitrogens with one attached hydrogen (secondary N) is 2. The van der Waals surface area contributed by atoms with E-state index in [0.29, 0.717) is 11.7 Å². The molecule has 0 unspecified atom stereocenters. The Labute approximate surface area is 169 Å². The molecule has 1 heterocycles. The molecule has 2 aromatic rings. The van der Waals surface area contributed by atoms with Crippen LogP contribution in [0.15, 0.2) is 46.4 Å². The third-order valence-corrected chi connectivity index (χ3v) is 4.40.